The summed E-state index contributed by atoms with van der Waals surface area (Å²) >= 11 is 0. The number of nitrogens with one attached hydrogen (secondary N) is 1. The van der Waals surface area contributed by atoms with Gasteiger partial charge in [0, 0.05) is 20.3 Å². The van der Waals surface area contributed by atoms with Gasteiger partial charge in [-0.3, -0.25) is 4.79 Å². The summed E-state index contributed by atoms with van der Waals surface area (Å²) in [6, 6.07) is 1.56. The molecule has 2 heterocycles. The smallest absolute Gasteiger partial charge is 0.241 e. The van der Waals surface area contributed by atoms with Gasteiger partial charge in [-0.25, -0.2) is 22.4 Å². The Kier molecular flexibility index (Phi) is 3.62. The zero-order valence-electron chi connectivity index (χ0n) is 11.4. The minimum Gasteiger partial charge on any atom is -0.360 e. The van der Waals surface area contributed by atoms with Crippen LogP contribution in [0.15, 0.2) is 18.5 Å². The Labute approximate surface area is 116 Å². The Hall–Kier alpha value is -2.16. The molecule has 0 aliphatic rings. The van der Waals surface area contributed by atoms with Crippen LogP contribution in [0.2, 0.25) is 0 Å². The molecule has 0 aliphatic carbocycles. The van der Waals surface area contributed by atoms with Gasteiger partial charge in [0.2, 0.25) is 15.9 Å². The van der Waals surface area contributed by atoms with E-state index in [1.54, 1.807) is 20.2 Å². The summed E-state index contributed by atoms with van der Waals surface area (Å²) in [5.74, 6) is 0.319. The van der Waals surface area contributed by atoms with E-state index in [1.807, 2.05) is 0 Å². The van der Waals surface area contributed by atoms with Gasteiger partial charge < -0.3 is 10.2 Å². The van der Waals surface area contributed by atoms with Crippen molar-refractivity contribution in [3.63, 3.8) is 0 Å². The lowest BCUT2D eigenvalue weighted by molar-refractivity contribution is -0.126. The van der Waals surface area contributed by atoms with E-state index < -0.39 is 10.0 Å². The van der Waals surface area contributed by atoms with E-state index in [2.05, 4.69) is 15.3 Å². The first-order valence-electron chi connectivity index (χ1n) is 5.77. The number of amides is 1. The largest absolute Gasteiger partial charge is 0.360 e. The van der Waals surface area contributed by atoms with Gasteiger partial charge in [0.05, 0.1) is 19.0 Å². The van der Waals surface area contributed by atoms with Gasteiger partial charge in [-0.15, -0.1) is 0 Å². The van der Waals surface area contributed by atoms with E-state index in [0.29, 0.717) is 11.3 Å². The van der Waals surface area contributed by atoms with Crippen LogP contribution in [0, 0.1) is 0 Å². The summed E-state index contributed by atoms with van der Waals surface area (Å²) in [6.07, 6.45) is 3.89. The van der Waals surface area contributed by atoms with E-state index in [0.717, 1.165) is 10.2 Å². The minimum atomic E-state index is -3.40. The molecule has 0 atom stereocenters. The maximum Gasteiger partial charge on any atom is 0.241 e. The van der Waals surface area contributed by atoms with E-state index in [9.17, 15) is 13.2 Å². The molecule has 2 aromatic rings. The highest BCUT2D eigenvalue weighted by Crippen LogP contribution is 2.15. The van der Waals surface area contributed by atoms with Crippen LogP contribution in [0.25, 0.3) is 11.2 Å². The Balaban J connectivity index is 2.26. The van der Waals surface area contributed by atoms with Gasteiger partial charge in [-0.05, 0) is 6.07 Å². The highest BCUT2D eigenvalue weighted by molar-refractivity contribution is 7.89. The van der Waals surface area contributed by atoms with Crippen LogP contribution in [-0.2, 0) is 14.8 Å². The molecule has 0 spiro atoms. The van der Waals surface area contributed by atoms with Gasteiger partial charge in [-0.2, -0.15) is 0 Å². The van der Waals surface area contributed by atoms with Crippen molar-refractivity contribution < 1.29 is 13.2 Å². The maximum atomic E-state index is 11.5. The second kappa shape index (κ2) is 5.08. The van der Waals surface area contributed by atoms with Crippen molar-refractivity contribution in [2.75, 3.05) is 32.2 Å². The number of hydrogen-bond donors (Lipinski definition) is 1. The van der Waals surface area contributed by atoms with Crippen molar-refractivity contribution in [1.82, 2.24) is 18.8 Å². The van der Waals surface area contributed by atoms with Crippen LogP contribution in [-0.4, -0.2) is 60.1 Å². The fourth-order valence-corrected chi connectivity index (χ4v) is 2.30. The minimum absolute atomic E-state index is 0.0967. The number of rotatable bonds is 4. The molecule has 0 saturated heterocycles. The molecule has 0 unspecified atom stereocenters. The molecule has 0 bridgehead atoms. The third kappa shape index (κ3) is 2.87. The molecule has 0 fully saturated rings. The average Bonchev–Trinajstić information content (AvgIpc) is 2.78. The van der Waals surface area contributed by atoms with E-state index in [4.69, 9.17) is 0 Å². The van der Waals surface area contributed by atoms with Crippen molar-refractivity contribution in [3.05, 3.63) is 18.5 Å². The zero-order chi connectivity index (χ0) is 14.9. The van der Waals surface area contributed by atoms with E-state index >= 15 is 0 Å². The molecule has 1 amide bonds. The monoisotopic (exact) mass is 297 g/mol. The Morgan fingerprint density at radius 3 is 2.75 bits per heavy atom. The predicted molar refractivity (Wildman–Crippen MR) is 75.0 cm³/mol. The van der Waals surface area contributed by atoms with Gasteiger partial charge in [0.15, 0.2) is 5.65 Å². The van der Waals surface area contributed by atoms with Crippen LogP contribution in [0.1, 0.15) is 0 Å². The number of carbonyl (C=O) groups excluding carboxylic acids is 1. The summed E-state index contributed by atoms with van der Waals surface area (Å²) < 4.78 is 24.1. The van der Waals surface area contributed by atoms with Crippen LogP contribution >= 0.6 is 0 Å². The van der Waals surface area contributed by atoms with Crippen LogP contribution in [0.4, 0.5) is 5.82 Å². The molecule has 0 radical (unpaired) electrons. The average molecular weight is 297 g/mol. The quantitative estimate of drug-likeness (QED) is 0.835. The first-order valence-corrected chi connectivity index (χ1v) is 7.62. The number of likely N-dealkylation sites (N-methyl/N-ethyl adjacent to an activating group) is 1. The summed E-state index contributed by atoms with van der Waals surface area (Å²) in [5.41, 5.74) is 0.703. The molecule has 0 aliphatic heterocycles. The molecule has 9 heteroatoms. The number of hydrogen-bond acceptors (Lipinski definition) is 6. The molecule has 20 heavy (non-hydrogen) atoms. The van der Waals surface area contributed by atoms with E-state index in [-0.39, 0.29) is 18.1 Å². The number of fused-ring (bicyclic) bond motifs is 1. The van der Waals surface area contributed by atoms with Gasteiger partial charge in [0.25, 0.3) is 0 Å². The molecule has 0 aromatic carbocycles. The lowest BCUT2D eigenvalue weighted by atomic mass is 10.5. The van der Waals surface area contributed by atoms with Crippen molar-refractivity contribution in [3.8, 4) is 0 Å². The summed E-state index contributed by atoms with van der Waals surface area (Å²) in [5, 5.41) is 2.84. The normalized spacial score (nSPS) is 11.6. The first-order chi connectivity index (χ1) is 9.29. The van der Waals surface area contributed by atoms with Crippen LogP contribution in [0.3, 0.4) is 0 Å². The van der Waals surface area contributed by atoms with Gasteiger partial charge in [-0.1, -0.05) is 0 Å². The van der Waals surface area contributed by atoms with Gasteiger partial charge >= 0.3 is 0 Å². The molecular weight excluding hydrogens is 282 g/mol. The fraction of sp³-hybridized carbons (Fsp3) is 0.364. The molecule has 2 aromatic heterocycles. The SMILES string of the molecule is CN(C)C(=O)CNc1cnc2c(ccn2S(C)(=O)=O)n1. The van der Waals surface area contributed by atoms with Crippen molar-refractivity contribution >= 4 is 32.9 Å². The Morgan fingerprint density at radius 1 is 1.45 bits per heavy atom. The lowest BCUT2D eigenvalue weighted by Crippen LogP contribution is -2.28. The highest BCUT2D eigenvalue weighted by atomic mass is 32.2. The number of aromatic nitrogens is 3. The maximum absolute atomic E-state index is 11.5. The summed E-state index contributed by atoms with van der Waals surface area (Å²) in [7, 11) is -0.0872. The second-order valence-electron chi connectivity index (χ2n) is 4.48. The topological polar surface area (TPSA) is 97.2 Å². The predicted octanol–water partition coefficient (Wildman–Crippen LogP) is -0.261. The third-order valence-corrected chi connectivity index (χ3v) is 3.64. The van der Waals surface area contributed by atoms with E-state index in [1.165, 1.54) is 17.3 Å². The fourth-order valence-electron chi connectivity index (χ4n) is 1.56. The molecule has 0 saturated carbocycles. The molecular formula is C11H15N5O3S. The number of anilines is 1. The molecule has 8 nitrogen and oxygen atoms in total. The summed E-state index contributed by atoms with van der Waals surface area (Å²) in [6.45, 7) is 0.0972. The zero-order valence-corrected chi connectivity index (χ0v) is 12.2. The Bertz CT molecular complexity index is 751. The van der Waals surface area contributed by atoms with Crippen molar-refractivity contribution in [1.29, 1.82) is 0 Å². The second-order valence-corrected chi connectivity index (χ2v) is 6.34. The summed E-state index contributed by atoms with van der Waals surface area (Å²) in [4.78, 5) is 21.2. The van der Waals surface area contributed by atoms with Crippen molar-refractivity contribution in [2.45, 2.75) is 0 Å². The van der Waals surface area contributed by atoms with Gasteiger partial charge in [0.1, 0.15) is 11.3 Å². The standard InChI is InChI=1S/C11H15N5O3S/c1-15(2)10(17)7-12-9-6-13-11-8(14-9)4-5-16(11)20(3,18)19/h4-6H,7H2,1-3H3,(H,12,14). The van der Waals surface area contributed by atoms with Crippen LogP contribution in [0.5, 0.6) is 0 Å². The highest BCUT2D eigenvalue weighted by Gasteiger charge is 2.12. The van der Waals surface area contributed by atoms with Crippen LogP contribution < -0.4 is 5.32 Å². The molecule has 1 N–H and O–H groups in total. The molecule has 2 rings (SSSR count). The Morgan fingerprint density at radius 2 is 2.15 bits per heavy atom. The number of nitrogens with zero attached hydrogens (tertiary/aromatic N) is 4. The first kappa shape index (κ1) is 14.3. The third-order valence-electron chi connectivity index (χ3n) is 2.63. The molecule has 108 valence electrons. The number of carbonyl (C=O) groups is 1. The lowest BCUT2D eigenvalue weighted by Gasteiger charge is -2.11. The van der Waals surface area contributed by atoms with Crippen molar-refractivity contribution in [2.24, 2.45) is 0 Å².